The van der Waals surface area contributed by atoms with Crippen LogP contribution in [0.5, 0.6) is 0 Å². The van der Waals surface area contributed by atoms with E-state index < -0.39 is 0 Å². The largest absolute Gasteiger partial charge is 0.360 e. The molecule has 1 saturated heterocycles. The third-order valence-electron chi connectivity index (χ3n) is 2.87. The van der Waals surface area contributed by atoms with Crippen LogP contribution in [0, 0.1) is 11.3 Å². The SMILES string of the molecule is CN1CCN(c2ccc(C#N)cc2Br)CC1=O. The molecule has 5 heteroatoms. The minimum atomic E-state index is 0.118. The predicted octanol–water partition coefficient (Wildman–Crippen LogP) is 1.60. The first kappa shape index (κ1) is 11.9. The van der Waals surface area contributed by atoms with E-state index in [1.54, 1.807) is 17.0 Å². The van der Waals surface area contributed by atoms with Gasteiger partial charge in [0, 0.05) is 24.6 Å². The zero-order valence-corrected chi connectivity index (χ0v) is 11.1. The molecule has 17 heavy (non-hydrogen) atoms. The summed E-state index contributed by atoms with van der Waals surface area (Å²) < 4.78 is 0.855. The van der Waals surface area contributed by atoms with Crippen molar-refractivity contribution in [2.75, 3.05) is 31.6 Å². The Bertz CT molecular complexity index is 495. The highest BCUT2D eigenvalue weighted by atomic mass is 79.9. The van der Waals surface area contributed by atoms with Gasteiger partial charge in [0.1, 0.15) is 0 Å². The lowest BCUT2D eigenvalue weighted by Gasteiger charge is -2.34. The van der Waals surface area contributed by atoms with E-state index in [1.165, 1.54) is 0 Å². The van der Waals surface area contributed by atoms with Gasteiger partial charge in [-0.1, -0.05) is 0 Å². The van der Waals surface area contributed by atoms with Crippen molar-refractivity contribution < 1.29 is 4.79 Å². The lowest BCUT2D eigenvalue weighted by Crippen LogP contribution is -2.48. The van der Waals surface area contributed by atoms with Crippen molar-refractivity contribution >= 4 is 27.5 Å². The van der Waals surface area contributed by atoms with Gasteiger partial charge in [0.15, 0.2) is 0 Å². The molecular weight excluding hydrogens is 282 g/mol. The number of piperazine rings is 1. The quantitative estimate of drug-likeness (QED) is 0.790. The van der Waals surface area contributed by atoms with Crippen molar-refractivity contribution in [2.45, 2.75) is 0 Å². The number of nitriles is 1. The van der Waals surface area contributed by atoms with Crippen molar-refractivity contribution in [1.29, 1.82) is 5.26 Å². The van der Waals surface area contributed by atoms with Gasteiger partial charge in [0.05, 0.1) is 23.9 Å². The molecule has 0 spiro atoms. The van der Waals surface area contributed by atoms with Crippen LogP contribution in [0.4, 0.5) is 5.69 Å². The first-order valence-electron chi connectivity index (χ1n) is 5.30. The molecule has 1 aromatic rings. The fourth-order valence-electron chi connectivity index (χ4n) is 1.80. The molecule has 2 rings (SSSR count). The van der Waals surface area contributed by atoms with Crippen LogP contribution in [0.25, 0.3) is 0 Å². The molecule has 1 aliphatic heterocycles. The molecule has 0 bridgehead atoms. The lowest BCUT2D eigenvalue weighted by atomic mass is 10.2. The summed E-state index contributed by atoms with van der Waals surface area (Å²) >= 11 is 3.44. The highest BCUT2D eigenvalue weighted by molar-refractivity contribution is 9.10. The Balaban J connectivity index is 2.24. The second-order valence-electron chi connectivity index (χ2n) is 4.01. The number of carbonyl (C=O) groups is 1. The van der Waals surface area contributed by atoms with E-state index >= 15 is 0 Å². The third kappa shape index (κ3) is 2.42. The zero-order valence-electron chi connectivity index (χ0n) is 9.48. The van der Waals surface area contributed by atoms with Gasteiger partial charge in [-0.15, -0.1) is 0 Å². The van der Waals surface area contributed by atoms with Crippen LogP contribution >= 0.6 is 15.9 Å². The average Bonchev–Trinajstić information content (AvgIpc) is 2.32. The molecule has 1 fully saturated rings. The monoisotopic (exact) mass is 293 g/mol. The first-order valence-corrected chi connectivity index (χ1v) is 6.09. The summed E-state index contributed by atoms with van der Waals surface area (Å²) in [6, 6.07) is 7.51. The summed E-state index contributed by atoms with van der Waals surface area (Å²) in [6.45, 7) is 1.93. The summed E-state index contributed by atoms with van der Waals surface area (Å²) in [4.78, 5) is 15.4. The summed E-state index contributed by atoms with van der Waals surface area (Å²) in [6.07, 6.45) is 0. The third-order valence-corrected chi connectivity index (χ3v) is 3.51. The minimum absolute atomic E-state index is 0.118. The predicted molar refractivity (Wildman–Crippen MR) is 68.7 cm³/mol. The van der Waals surface area contributed by atoms with Gasteiger partial charge < -0.3 is 9.80 Å². The molecule has 0 N–H and O–H groups in total. The van der Waals surface area contributed by atoms with Gasteiger partial charge >= 0.3 is 0 Å². The number of carbonyl (C=O) groups excluding carboxylic acids is 1. The van der Waals surface area contributed by atoms with Crippen molar-refractivity contribution in [2.24, 2.45) is 0 Å². The normalized spacial score (nSPS) is 15.9. The number of anilines is 1. The molecule has 0 saturated carbocycles. The number of rotatable bonds is 1. The van der Waals surface area contributed by atoms with Gasteiger partial charge in [-0.25, -0.2) is 0 Å². The van der Waals surface area contributed by atoms with Crippen molar-refractivity contribution in [1.82, 2.24) is 4.90 Å². The topological polar surface area (TPSA) is 47.3 Å². The maximum Gasteiger partial charge on any atom is 0.241 e. The molecule has 1 heterocycles. The molecule has 0 radical (unpaired) electrons. The Morgan fingerprint density at radius 2 is 2.18 bits per heavy atom. The van der Waals surface area contributed by atoms with Gasteiger partial charge in [-0.2, -0.15) is 5.26 Å². The van der Waals surface area contributed by atoms with E-state index in [4.69, 9.17) is 5.26 Å². The molecule has 0 unspecified atom stereocenters. The van der Waals surface area contributed by atoms with Gasteiger partial charge in [-0.3, -0.25) is 4.79 Å². The maximum atomic E-state index is 11.6. The number of nitrogens with zero attached hydrogens (tertiary/aromatic N) is 3. The first-order chi connectivity index (χ1) is 8.11. The van der Waals surface area contributed by atoms with E-state index in [2.05, 4.69) is 22.0 Å². The van der Waals surface area contributed by atoms with Crippen molar-refractivity contribution in [3.63, 3.8) is 0 Å². The fraction of sp³-hybridized carbons (Fsp3) is 0.333. The van der Waals surface area contributed by atoms with Crippen molar-refractivity contribution in [3.8, 4) is 6.07 Å². The number of likely N-dealkylation sites (N-methyl/N-ethyl adjacent to an activating group) is 1. The van der Waals surface area contributed by atoms with Crippen LogP contribution in [0.15, 0.2) is 22.7 Å². The van der Waals surface area contributed by atoms with E-state index in [0.717, 1.165) is 23.2 Å². The van der Waals surface area contributed by atoms with Crippen LogP contribution in [-0.2, 0) is 4.79 Å². The van der Waals surface area contributed by atoms with Crippen molar-refractivity contribution in [3.05, 3.63) is 28.2 Å². The smallest absolute Gasteiger partial charge is 0.241 e. The zero-order chi connectivity index (χ0) is 12.4. The second kappa shape index (κ2) is 4.76. The summed E-state index contributed by atoms with van der Waals surface area (Å²) in [5, 5.41) is 8.79. The Kier molecular flexibility index (Phi) is 3.34. The average molecular weight is 294 g/mol. The molecular formula is C12H12BrN3O. The standard InChI is InChI=1S/C12H12BrN3O/c1-15-4-5-16(8-12(15)17)11-3-2-9(7-14)6-10(11)13/h2-3,6H,4-5,8H2,1H3. The Morgan fingerprint density at radius 3 is 2.76 bits per heavy atom. The van der Waals surface area contributed by atoms with Crippen LogP contribution in [-0.4, -0.2) is 37.5 Å². The van der Waals surface area contributed by atoms with Crippen LogP contribution in [0.1, 0.15) is 5.56 Å². The highest BCUT2D eigenvalue weighted by Crippen LogP contribution is 2.28. The van der Waals surface area contributed by atoms with E-state index in [0.29, 0.717) is 12.1 Å². The molecule has 88 valence electrons. The number of halogens is 1. The Hall–Kier alpha value is -1.54. The number of hydrogen-bond donors (Lipinski definition) is 0. The summed E-state index contributed by atoms with van der Waals surface area (Å²) in [5.41, 5.74) is 1.58. The molecule has 0 aromatic heterocycles. The number of amides is 1. The summed E-state index contributed by atoms with van der Waals surface area (Å²) in [5.74, 6) is 0.118. The number of benzene rings is 1. The second-order valence-corrected chi connectivity index (χ2v) is 4.87. The lowest BCUT2D eigenvalue weighted by molar-refractivity contribution is -0.129. The van der Waals surface area contributed by atoms with E-state index in [9.17, 15) is 4.79 Å². The van der Waals surface area contributed by atoms with E-state index in [-0.39, 0.29) is 5.91 Å². The molecule has 1 amide bonds. The number of hydrogen-bond acceptors (Lipinski definition) is 3. The molecule has 1 aromatic carbocycles. The fourth-order valence-corrected chi connectivity index (χ4v) is 2.43. The van der Waals surface area contributed by atoms with E-state index in [1.807, 2.05) is 18.0 Å². The molecule has 0 aliphatic carbocycles. The molecule has 4 nitrogen and oxygen atoms in total. The minimum Gasteiger partial charge on any atom is -0.360 e. The Labute approximate surface area is 109 Å². The molecule has 1 aliphatic rings. The summed E-state index contributed by atoms with van der Waals surface area (Å²) in [7, 11) is 1.81. The van der Waals surface area contributed by atoms with Crippen LogP contribution in [0.3, 0.4) is 0 Å². The van der Waals surface area contributed by atoms with Gasteiger partial charge in [0.25, 0.3) is 0 Å². The van der Waals surface area contributed by atoms with Gasteiger partial charge in [0.2, 0.25) is 5.91 Å². The van der Waals surface area contributed by atoms with Gasteiger partial charge in [-0.05, 0) is 34.1 Å². The Morgan fingerprint density at radius 1 is 1.41 bits per heavy atom. The molecule has 0 atom stereocenters. The maximum absolute atomic E-state index is 11.6. The van der Waals surface area contributed by atoms with Crippen LogP contribution < -0.4 is 4.90 Å². The highest BCUT2D eigenvalue weighted by Gasteiger charge is 2.22. The van der Waals surface area contributed by atoms with Crippen LogP contribution in [0.2, 0.25) is 0 Å².